The number of ether oxygens (including phenoxy) is 2. The van der Waals surface area contributed by atoms with Crippen LogP contribution in [0.4, 0.5) is 10.5 Å². The lowest BCUT2D eigenvalue weighted by Gasteiger charge is -2.36. The summed E-state index contributed by atoms with van der Waals surface area (Å²) in [6.45, 7) is 6.17. The summed E-state index contributed by atoms with van der Waals surface area (Å²) >= 11 is 0. The molecule has 1 fully saturated rings. The molecule has 5 rings (SSSR count). The number of amides is 2. The van der Waals surface area contributed by atoms with Gasteiger partial charge in [-0.15, -0.1) is 0 Å². The van der Waals surface area contributed by atoms with Crippen molar-refractivity contribution in [2.45, 2.75) is 51.0 Å². The summed E-state index contributed by atoms with van der Waals surface area (Å²) in [6.07, 6.45) is 7.06. The Balaban J connectivity index is 1.38. The van der Waals surface area contributed by atoms with E-state index in [-0.39, 0.29) is 10.9 Å². The fourth-order valence-corrected chi connectivity index (χ4v) is 6.38. The highest BCUT2D eigenvalue weighted by molar-refractivity contribution is 7.90. The zero-order valence-electron chi connectivity index (χ0n) is 23.7. The van der Waals surface area contributed by atoms with Gasteiger partial charge in [-0.05, 0) is 61.7 Å². The molecular formula is C31H36N4O5S. The lowest BCUT2D eigenvalue weighted by atomic mass is 10.1. The van der Waals surface area contributed by atoms with Gasteiger partial charge in [0.2, 0.25) is 0 Å². The van der Waals surface area contributed by atoms with Crippen LogP contribution in [0.5, 0.6) is 11.5 Å². The van der Waals surface area contributed by atoms with E-state index in [4.69, 9.17) is 9.47 Å². The second-order valence-corrected chi connectivity index (χ2v) is 12.1. The van der Waals surface area contributed by atoms with Gasteiger partial charge in [0.05, 0.1) is 18.6 Å². The Morgan fingerprint density at radius 1 is 0.976 bits per heavy atom. The summed E-state index contributed by atoms with van der Waals surface area (Å²) in [5, 5.41) is 0.695. The monoisotopic (exact) mass is 576 g/mol. The van der Waals surface area contributed by atoms with E-state index in [0.717, 1.165) is 42.5 Å². The lowest BCUT2D eigenvalue weighted by Crippen LogP contribution is -2.49. The van der Waals surface area contributed by atoms with Crippen LogP contribution in [0.1, 0.15) is 43.7 Å². The van der Waals surface area contributed by atoms with Crippen LogP contribution in [0.15, 0.2) is 71.9 Å². The number of methoxy groups -OCH3 is 1. The van der Waals surface area contributed by atoms with Crippen molar-refractivity contribution in [2.24, 2.45) is 0 Å². The number of aromatic nitrogens is 2. The predicted molar refractivity (Wildman–Crippen MR) is 159 cm³/mol. The number of anilines is 1. The Labute approximate surface area is 241 Å². The molecule has 4 aromatic rings. The van der Waals surface area contributed by atoms with Crippen LogP contribution in [0.3, 0.4) is 0 Å². The molecule has 0 unspecified atom stereocenters. The number of carbonyl (C=O) groups is 1. The normalized spacial score (nSPS) is 14.1. The molecule has 1 aliphatic heterocycles. The van der Waals surface area contributed by atoms with Crippen LogP contribution in [0.25, 0.3) is 11.0 Å². The number of fused-ring (bicyclic) bond motifs is 1. The number of carbonyl (C=O) groups excluding carboxylic acids is 1. The highest BCUT2D eigenvalue weighted by Gasteiger charge is 2.29. The number of rotatable bonds is 11. The van der Waals surface area contributed by atoms with Gasteiger partial charge in [-0.3, -0.25) is 4.90 Å². The largest absolute Gasteiger partial charge is 0.493 e. The minimum atomic E-state index is -3.82. The van der Waals surface area contributed by atoms with E-state index in [1.807, 2.05) is 31.2 Å². The summed E-state index contributed by atoms with van der Waals surface area (Å²) in [5.74, 6) is 1.26. The third-order valence-electron chi connectivity index (χ3n) is 7.36. The van der Waals surface area contributed by atoms with Gasteiger partial charge in [-0.1, -0.05) is 37.5 Å². The van der Waals surface area contributed by atoms with Gasteiger partial charge in [-0.25, -0.2) is 22.2 Å². The number of unbranched alkanes of at least 4 members (excludes halogenated alkanes) is 2. The molecule has 0 aliphatic carbocycles. The van der Waals surface area contributed by atoms with Crippen LogP contribution in [-0.2, 0) is 16.6 Å². The standard InChI is InChI=1S/C31H36N4O5S/c1-4-5-6-20-40-29-21-25(10-13-28(29)39-3)34-18-7-17-33(31(34)36)22-24-14-16-32-30-27(24)15-19-35(30)41(37,38)26-11-8-23(2)9-12-26/h8-16,19,21H,4-7,17-18,20,22H2,1-3H3. The maximum absolute atomic E-state index is 13.7. The van der Waals surface area contributed by atoms with Crippen molar-refractivity contribution < 1.29 is 22.7 Å². The average molecular weight is 577 g/mol. The van der Waals surface area contributed by atoms with Crippen molar-refractivity contribution in [1.82, 2.24) is 13.9 Å². The summed E-state index contributed by atoms with van der Waals surface area (Å²) in [4.78, 5) is 21.8. The molecular weight excluding hydrogens is 540 g/mol. The Hall–Kier alpha value is -4.05. The zero-order valence-corrected chi connectivity index (χ0v) is 24.6. The molecule has 0 N–H and O–H groups in total. The topological polar surface area (TPSA) is 94.0 Å². The summed E-state index contributed by atoms with van der Waals surface area (Å²) < 4.78 is 39.4. The fourth-order valence-electron chi connectivity index (χ4n) is 5.08. The van der Waals surface area contributed by atoms with E-state index in [2.05, 4.69) is 11.9 Å². The first kappa shape index (κ1) is 28.5. The Morgan fingerprint density at radius 2 is 1.78 bits per heavy atom. The van der Waals surface area contributed by atoms with Crippen LogP contribution in [-0.4, -0.2) is 55.1 Å². The molecule has 0 atom stereocenters. The third kappa shape index (κ3) is 5.88. The maximum Gasteiger partial charge on any atom is 0.324 e. The second-order valence-electron chi connectivity index (χ2n) is 10.2. The van der Waals surface area contributed by atoms with E-state index >= 15 is 0 Å². The van der Waals surface area contributed by atoms with E-state index in [1.165, 1.54) is 10.2 Å². The number of hydrogen-bond donors (Lipinski definition) is 0. The van der Waals surface area contributed by atoms with E-state index in [1.54, 1.807) is 53.4 Å². The van der Waals surface area contributed by atoms with Gasteiger partial charge in [0.15, 0.2) is 17.1 Å². The Bertz CT molecular complexity index is 1630. The van der Waals surface area contributed by atoms with E-state index in [9.17, 15) is 13.2 Å². The number of benzene rings is 2. The predicted octanol–water partition coefficient (Wildman–Crippen LogP) is 5.99. The number of nitrogens with zero attached hydrogens (tertiary/aromatic N) is 4. The quantitative estimate of drug-likeness (QED) is 0.204. The van der Waals surface area contributed by atoms with Crippen LogP contribution in [0, 0.1) is 6.92 Å². The number of pyridine rings is 1. The molecule has 0 saturated carbocycles. The fraction of sp³-hybridized carbons (Fsp3) is 0.355. The van der Waals surface area contributed by atoms with E-state index in [0.29, 0.717) is 48.8 Å². The molecule has 9 nitrogen and oxygen atoms in total. The highest BCUT2D eigenvalue weighted by atomic mass is 32.2. The van der Waals surface area contributed by atoms with Gasteiger partial charge >= 0.3 is 6.03 Å². The summed E-state index contributed by atoms with van der Waals surface area (Å²) in [7, 11) is -2.21. The van der Waals surface area contributed by atoms with Crippen LogP contribution in [0.2, 0.25) is 0 Å². The second kappa shape index (κ2) is 12.2. The first-order chi connectivity index (χ1) is 19.8. The SMILES string of the molecule is CCCCCOc1cc(N2CCCN(Cc3ccnc4c3ccn4S(=O)(=O)c3ccc(C)cc3)C2=O)ccc1OC. The number of hydrogen-bond acceptors (Lipinski definition) is 6. The van der Waals surface area contributed by atoms with Gasteiger partial charge in [0.25, 0.3) is 10.0 Å². The van der Waals surface area contributed by atoms with Crippen molar-refractivity contribution >= 4 is 32.8 Å². The average Bonchev–Trinajstić information content (AvgIpc) is 3.43. The molecule has 1 aliphatic rings. The molecule has 1 saturated heterocycles. The van der Waals surface area contributed by atoms with Crippen LogP contribution < -0.4 is 14.4 Å². The molecule has 0 radical (unpaired) electrons. The smallest absolute Gasteiger partial charge is 0.324 e. The Kier molecular flexibility index (Phi) is 8.49. The third-order valence-corrected chi connectivity index (χ3v) is 9.04. The number of aryl methyl sites for hydroxylation is 1. The molecule has 216 valence electrons. The molecule has 0 bridgehead atoms. The lowest BCUT2D eigenvalue weighted by molar-refractivity contribution is 0.192. The summed E-state index contributed by atoms with van der Waals surface area (Å²) in [5.41, 5.74) is 2.90. The Morgan fingerprint density at radius 3 is 2.54 bits per heavy atom. The van der Waals surface area contributed by atoms with Gasteiger partial charge in [0, 0.05) is 49.2 Å². The first-order valence-electron chi connectivity index (χ1n) is 14.0. The van der Waals surface area contributed by atoms with Gasteiger partial charge in [0.1, 0.15) is 0 Å². The minimum Gasteiger partial charge on any atom is -0.493 e. The minimum absolute atomic E-state index is 0.116. The van der Waals surface area contributed by atoms with Gasteiger partial charge < -0.3 is 14.4 Å². The zero-order chi connectivity index (χ0) is 29.0. The van der Waals surface area contributed by atoms with Crippen molar-refractivity contribution in [1.29, 1.82) is 0 Å². The highest BCUT2D eigenvalue weighted by Crippen LogP contribution is 2.34. The molecule has 2 aromatic heterocycles. The number of urea groups is 1. The molecule has 2 amide bonds. The molecule has 2 aromatic carbocycles. The van der Waals surface area contributed by atoms with E-state index < -0.39 is 10.0 Å². The van der Waals surface area contributed by atoms with Gasteiger partial charge in [-0.2, -0.15) is 0 Å². The molecule has 0 spiro atoms. The van der Waals surface area contributed by atoms with Crippen molar-refractivity contribution in [3.63, 3.8) is 0 Å². The molecule has 3 heterocycles. The molecule has 41 heavy (non-hydrogen) atoms. The summed E-state index contributed by atoms with van der Waals surface area (Å²) in [6, 6.07) is 15.8. The van der Waals surface area contributed by atoms with Crippen molar-refractivity contribution in [3.05, 3.63) is 78.1 Å². The van der Waals surface area contributed by atoms with Crippen molar-refractivity contribution in [3.8, 4) is 11.5 Å². The van der Waals surface area contributed by atoms with Crippen molar-refractivity contribution in [2.75, 3.05) is 31.7 Å². The van der Waals surface area contributed by atoms with Crippen LogP contribution >= 0.6 is 0 Å². The maximum atomic E-state index is 13.7. The molecule has 10 heteroatoms. The first-order valence-corrected chi connectivity index (χ1v) is 15.4.